The van der Waals surface area contributed by atoms with Crippen molar-refractivity contribution >= 4 is 34.3 Å². The number of halogens is 1. The Kier molecular flexibility index (Phi) is 3.05. The summed E-state index contributed by atoms with van der Waals surface area (Å²) in [7, 11) is 0. The second kappa shape index (κ2) is 4.54. The topological polar surface area (TPSA) is 21.6 Å². The summed E-state index contributed by atoms with van der Waals surface area (Å²) in [6.45, 7) is 0. The molecule has 1 aliphatic heterocycles. The normalized spacial score (nSPS) is 34.4. The molecule has 0 radical (unpaired) electrons. The predicted molar refractivity (Wildman–Crippen MR) is 73.1 cm³/mol. The molecule has 1 aliphatic carbocycles. The van der Waals surface area contributed by atoms with Crippen LogP contribution in [-0.4, -0.2) is 15.5 Å². The van der Waals surface area contributed by atoms with Gasteiger partial charge in [-0.25, -0.2) is 4.99 Å². The Morgan fingerprint density at radius 3 is 2.88 bits per heavy atom. The van der Waals surface area contributed by atoms with Gasteiger partial charge in [0.05, 0.1) is 10.9 Å². The van der Waals surface area contributed by atoms with Gasteiger partial charge in [0.15, 0.2) is 5.06 Å². The molecule has 0 amide bonds. The summed E-state index contributed by atoms with van der Waals surface area (Å²) < 4.78 is 5.84. The molecule has 2 nitrogen and oxygen atoms in total. The van der Waals surface area contributed by atoms with Crippen LogP contribution in [0.3, 0.4) is 0 Å². The van der Waals surface area contributed by atoms with Gasteiger partial charge in [-0.1, -0.05) is 48.0 Å². The summed E-state index contributed by atoms with van der Waals surface area (Å²) in [6.07, 6.45) is 4.45. The summed E-state index contributed by atoms with van der Waals surface area (Å²) in [6, 6.07) is 9.87. The number of aliphatic imine (C=N–C) groups is 1. The highest BCUT2D eigenvalue weighted by molar-refractivity contribution is 8.14. The fourth-order valence-corrected chi connectivity index (χ4v) is 4.00. The van der Waals surface area contributed by atoms with Gasteiger partial charge in [-0.3, -0.25) is 0 Å². The smallest absolute Gasteiger partial charge is 0.253 e. The lowest BCUT2D eigenvalue weighted by atomic mass is 9.96. The van der Waals surface area contributed by atoms with E-state index >= 15 is 0 Å². The Balaban J connectivity index is 1.81. The number of rotatable bonds is 1. The molecule has 2 unspecified atom stereocenters. The molecule has 3 rings (SSSR count). The summed E-state index contributed by atoms with van der Waals surface area (Å²) in [5.74, 6) is 0. The van der Waals surface area contributed by atoms with Crippen LogP contribution in [-0.2, 0) is 4.74 Å². The summed E-state index contributed by atoms with van der Waals surface area (Å²) in [4.78, 5) is 4.50. The highest BCUT2D eigenvalue weighted by Gasteiger charge is 2.48. The van der Waals surface area contributed by atoms with Crippen LogP contribution < -0.4 is 0 Å². The van der Waals surface area contributed by atoms with Gasteiger partial charge in [0, 0.05) is 6.42 Å². The summed E-state index contributed by atoms with van der Waals surface area (Å²) >= 11 is 8.19. The highest BCUT2D eigenvalue weighted by Crippen LogP contribution is 2.49. The van der Waals surface area contributed by atoms with E-state index in [4.69, 9.17) is 16.3 Å². The molecule has 0 aromatic heterocycles. The molecule has 17 heavy (non-hydrogen) atoms. The average molecular weight is 268 g/mol. The lowest BCUT2D eigenvalue weighted by Gasteiger charge is -2.30. The van der Waals surface area contributed by atoms with Crippen LogP contribution in [0, 0.1) is 0 Å². The van der Waals surface area contributed by atoms with Crippen molar-refractivity contribution in [1.82, 2.24) is 0 Å². The molecule has 1 saturated heterocycles. The maximum absolute atomic E-state index is 6.51. The highest BCUT2D eigenvalue weighted by atomic mass is 35.5. The summed E-state index contributed by atoms with van der Waals surface area (Å²) in [5, 5.41) is 0.578. The quantitative estimate of drug-likeness (QED) is 0.707. The van der Waals surface area contributed by atoms with Crippen molar-refractivity contribution in [2.75, 3.05) is 0 Å². The first-order valence-electron chi connectivity index (χ1n) is 5.95. The van der Waals surface area contributed by atoms with Crippen molar-refractivity contribution in [3.05, 3.63) is 30.3 Å². The number of hydrogen-bond donors (Lipinski definition) is 0. The minimum atomic E-state index is -0.503. The number of thioether (sulfide) groups is 1. The fraction of sp³-hybridized carbons (Fsp3) is 0.462. The van der Waals surface area contributed by atoms with E-state index in [-0.39, 0.29) is 0 Å². The zero-order chi connectivity index (χ0) is 11.7. The van der Waals surface area contributed by atoms with E-state index in [0.717, 1.165) is 30.2 Å². The van der Waals surface area contributed by atoms with Crippen LogP contribution in [0.4, 0.5) is 5.69 Å². The largest absolute Gasteiger partial charge is 0.449 e. The number of fused-ring (bicyclic) bond motifs is 1. The SMILES string of the molecule is ClC12CCCCC1SC(=Nc1ccccc1)O2. The van der Waals surface area contributed by atoms with Crippen molar-refractivity contribution in [3.8, 4) is 0 Å². The summed E-state index contributed by atoms with van der Waals surface area (Å²) in [5.41, 5.74) is 0.925. The Hall–Kier alpha value is -0.670. The minimum absolute atomic E-state index is 0.361. The first-order chi connectivity index (χ1) is 8.26. The van der Waals surface area contributed by atoms with Gasteiger partial charge >= 0.3 is 0 Å². The Labute approximate surface area is 110 Å². The van der Waals surface area contributed by atoms with Gasteiger partial charge in [-0.05, 0) is 25.0 Å². The monoisotopic (exact) mass is 267 g/mol. The standard InChI is InChI=1S/C13H14ClNOS/c14-13-9-5-4-8-11(13)17-12(16-13)15-10-6-2-1-3-7-10/h1-3,6-7,11H,4-5,8-9H2. The number of hydrogen-bond acceptors (Lipinski definition) is 3. The number of nitrogens with zero attached hydrogens (tertiary/aromatic N) is 1. The molecule has 2 atom stereocenters. The maximum Gasteiger partial charge on any atom is 0.253 e. The van der Waals surface area contributed by atoms with Crippen molar-refractivity contribution in [1.29, 1.82) is 0 Å². The Morgan fingerprint density at radius 2 is 2.12 bits per heavy atom. The van der Waals surface area contributed by atoms with Crippen LogP contribution in [0.1, 0.15) is 25.7 Å². The lowest BCUT2D eigenvalue weighted by molar-refractivity contribution is 0.124. The molecule has 0 N–H and O–H groups in total. The molecular formula is C13H14ClNOS. The van der Waals surface area contributed by atoms with Crippen LogP contribution in [0.2, 0.25) is 0 Å². The first kappa shape index (κ1) is 11.4. The zero-order valence-corrected chi connectivity index (χ0v) is 11.0. The number of benzene rings is 1. The van der Waals surface area contributed by atoms with E-state index in [9.17, 15) is 0 Å². The van der Waals surface area contributed by atoms with E-state index in [1.54, 1.807) is 11.8 Å². The molecular weight excluding hydrogens is 254 g/mol. The second-order valence-corrected chi connectivity index (χ2v) is 6.25. The second-order valence-electron chi connectivity index (χ2n) is 4.45. The van der Waals surface area contributed by atoms with Gasteiger partial charge in [-0.2, -0.15) is 0 Å². The minimum Gasteiger partial charge on any atom is -0.449 e. The van der Waals surface area contributed by atoms with Crippen molar-refractivity contribution < 1.29 is 4.74 Å². The van der Waals surface area contributed by atoms with Gasteiger partial charge in [0.1, 0.15) is 0 Å². The molecule has 1 aromatic rings. The molecule has 4 heteroatoms. The van der Waals surface area contributed by atoms with Crippen molar-refractivity contribution in [2.24, 2.45) is 4.99 Å². The zero-order valence-electron chi connectivity index (χ0n) is 9.43. The van der Waals surface area contributed by atoms with Gasteiger partial charge < -0.3 is 4.74 Å². The molecule has 2 aliphatic rings. The molecule has 1 saturated carbocycles. The molecule has 2 fully saturated rings. The Bertz CT molecular complexity index is 436. The van der Waals surface area contributed by atoms with Crippen LogP contribution in [0.25, 0.3) is 0 Å². The fourth-order valence-electron chi connectivity index (χ4n) is 2.28. The van der Waals surface area contributed by atoms with Crippen molar-refractivity contribution in [2.45, 2.75) is 36.0 Å². The third-order valence-electron chi connectivity index (χ3n) is 3.19. The third-order valence-corrected chi connectivity index (χ3v) is 5.13. The van der Waals surface area contributed by atoms with Crippen LogP contribution in [0.15, 0.2) is 35.3 Å². The van der Waals surface area contributed by atoms with Gasteiger partial charge in [0.25, 0.3) is 5.23 Å². The molecule has 0 bridgehead atoms. The average Bonchev–Trinajstić information content (AvgIpc) is 2.66. The molecule has 90 valence electrons. The van der Waals surface area contributed by atoms with E-state index in [2.05, 4.69) is 4.99 Å². The predicted octanol–water partition coefficient (Wildman–Crippen LogP) is 4.32. The third kappa shape index (κ3) is 2.31. The first-order valence-corrected chi connectivity index (χ1v) is 7.20. The van der Waals surface area contributed by atoms with Crippen LogP contribution in [0.5, 0.6) is 0 Å². The number of ether oxygens (including phenoxy) is 1. The van der Waals surface area contributed by atoms with E-state index < -0.39 is 5.06 Å². The molecule has 0 spiro atoms. The number of alkyl halides is 1. The van der Waals surface area contributed by atoms with Crippen molar-refractivity contribution in [3.63, 3.8) is 0 Å². The molecule has 1 heterocycles. The lowest BCUT2D eigenvalue weighted by Crippen LogP contribution is -2.35. The van der Waals surface area contributed by atoms with E-state index in [0.29, 0.717) is 5.25 Å². The number of para-hydroxylation sites is 1. The molecule has 1 aromatic carbocycles. The van der Waals surface area contributed by atoms with E-state index in [1.807, 2.05) is 30.3 Å². The maximum atomic E-state index is 6.51. The van der Waals surface area contributed by atoms with Gasteiger partial charge in [-0.15, -0.1) is 0 Å². The Morgan fingerprint density at radius 1 is 1.29 bits per heavy atom. The van der Waals surface area contributed by atoms with E-state index in [1.165, 1.54) is 6.42 Å². The van der Waals surface area contributed by atoms with Crippen LogP contribution >= 0.6 is 23.4 Å². The van der Waals surface area contributed by atoms with Gasteiger partial charge in [0.2, 0.25) is 0 Å².